The zero-order valence-electron chi connectivity index (χ0n) is 12.1. The van der Waals surface area contributed by atoms with Gasteiger partial charge in [-0.25, -0.2) is 0 Å². The Morgan fingerprint density at radius 1 is 1.37 bits per heavy atom. The van der Waals surface area contributed by atoms with Crippen LogP contribution in [0.4, 0.5) is 5.69 Å². The minimum absolute atomic E-state index is 0.0784. The van der Waals surface area contributed by atoms with E-state index in [1.807, 2.05) is 19.1 Å². The van der Waals surface area contributed by atoms with Gasteiger partial charge >= 0.3 is 0 Å². The number of rotatable bonds is 3. The van der Waals surface area contributed by atoms with Crippen LogP contribution in [0.25, 0.3) is 0 Å². The topological polar surface area (TPSA) is 55.1 Å². The molecule has 1 fully saturated rings. The molecule has 19 heavy (non-hydrogen) atoms. The van der Waals surface area contributed by atoms with E-state index in [9.17, 15) is 4.79 Å². The van der Waals surface area contributed by atoms with Gasteiger partial charge in [0.25, 0.3) is 0 Å². The smallest absolute Gasteiger partial charge is 0.227 e. The van der Waals surface area contributed by atoms with Crippen LogP contribution in [0, 0.1) is 12.8 Å². The summed E-state index contributed by atoms with van der Waals surface area (Å²) in [6.45, 7) is 6.34. The van der Waals surface area contributed by atoms with Gasteiger partial charge in [-0.05, 0) is 43.2 Å². The summed E-state index contributed by atoms with van der Waals surface area (Å²) in [5.74, 6) is 0.611. The number of hydrogen-bond donors (Lipinski definition) is 2. The number of carbonyl (C=O) groups is 1. The van der Waals surface area contributed by atoms with Crippen molar-refractivity contribution >= 4 is 11.6 Å². The molecular weight excluding hydrogens is 236 g/mol. The zero-order chi connectivity index (χ0) is 14.0. The molecule has 0 spiro atoms. The van der Waals surface area contributed by atoms with E-state index < -0.39 is 0 Å². The molecule has 0 bridgehead atoms. The van der Waals surface area contributed by atoms with Gasteiger partial charge in [0.1, 0.15) is 0 Å². The monoisotopic (exact) mass is 260 g/mol. The first-order valence-corrected chi connectivity index (χ1v) is 7.15. The van der Waals surface area contributed by atoms with E-state index in [1.54, 1.807) is 0 Å². The second-order valence-electron chi connectivity index (χ2n) is 5.95. The van der Waals surface area contributed by atoms with Crippen LogP contribution in [-0.2, 0) is 4.79 Å². The Hall–Kier alpha value is -1.35. The standard InChI is InChI=1S/C16H24N2O/c1-10(2)14-6-4-5-11(3)15(14)18-16(19)12-7-8-13(17)9-12/h4-6,10,12-13H,7-9,17H2,1-3H3,(H,18,19). The second kappa shape index (κ2) is 5.74. The van der Waals surface area contributed by atoms with E-state index in [-0.39, 0.29) is 17.9 Å². The first-order chi connectivity index (χ1) is 8.99. The Morgan fingerprint density at radius 2 is 2.11 bits per heavy atom. The molecule has 2 atom stereocenters. The Morgan fingerprint density at radius 3 is 2.68 bits per heavy atom. The lowest BCUT2D eigenvalue weighted by Crippen LogP contribution is -2.24. The van der Waals surface area contributed by atoms with Gasteiger partial charge < -0.3 is 11.1 Å². The quantitative estimate of drug-likeness (QED) is 0.877. The Kier molecular flexibility index (Phi) is 4.25. The minimum atomic E-state index is 0.0784. The molecular formula is C16H24N2O. The molecule has 0 aromatic heterocycles. The predicted octanol–water partition coefficient (Wildman–Crippen LogP) is 3.18. The number of benzene rings is 1. The van der Waals surface area contributed by atoms with Crippen molar-refractivity contribution in [3.05, 3.63) is 29.3 Å². The molecule has 2 unspecified atom stereocenters. The van der Waals surface area contributed by atoms with Crippen LogP contribution in [-0.4, -0.2) is 11.9 Å². The molecule has 0 heterocycles. The van der Waals surface area contributed by atoms with Crippen molar-refractivity contribution in [3.63, 3.8) is 0 Å². The molecule has 1 aliphatic carbocycles. The van der Waals surface area contributed by atoms with Crippen molar-refractivity contribution in [2.45, 2.75) is 52.0 Å². The van der Waals surface area contributed by atoms with Gasteiger partial charge in [-0.15, -0.1) is 0 Å². The van der Waals surface area contributed by atoms with Crippen molar-refractivity contribution in [2.75, 3.05) is 5.32 Å². The van der Waals surface area contributed by atoms with Crippen LogP contribution >= 0.6 is 0 Å². The average Bonchev–Trinajstić information content (AvgIpc) is 2.78. The Balaban J connectivity index is 2.16. The zero-order valence-corrected chi connectivity index (χ0v) is 12.1. The molecule has 0 saturated heterocycles. The number of anilines is 1. The predicted molar refractivity (Wildman–Crippen MR) is 79.2 cm³/mol. The van der Waals surface area contributed by atoms with Crippen molar-refractivity contribution in [1.29, 1.82) is 0 Å². The maximum Gasteiger partial charge on any atom is 0.227 e. The van der Waals surface area contributed by atoms with E-state index in [0.29, 0.717) is 5.92 Å². The fraction of sp³-hybridized carbons (Fsp3) is 0.562. The summed E-state index contributed by atoms with van der Waals surface area (Å²) < 4.78 is 0. The van der Waals surface area contributed by atoms with Crippen LogP contribution in [0.2, 0.25) is 0 Å². The highest BCUT2D eigenvalue weighted by atomic mass is 16.1. The van der Waals surface area contributed by atoms with E-state index in [1.165, 1.54) is 5.56 Å². The summed E-state index contributed by atoms with van der Waals surface area (Å²) in [5, 5.41) is 3.13. The van der Waals surface area contributed by atoms with Gasteiger partial charge in [-0.1, -0.05) is 32.0 Å². The number of carbonyl (C=O) groups excluding carboxylic acids is 1. The van der Waals surface area contributed by atoms with E-state index in [2.05, 4.69) is 25.2 Å². The summed E-state index contributed by atoms with van der Waals surface area (Å²) >= 11 is 0. The Labute approximate surface area is 115 Å². The van der Waals surface area contributed by atoms with Gasteiger partial charge in [0, 0.05) is 17.6 Å². The van der Waals surface area contributed by atoms with E-state index in [0.717, 1.165) is 30.5 Å². The molecule has 1 aromatic rings. The fourth-order valence-corrected chi connectivity index (χ4v) is 2.82. The number of hydrogen-bond acceptors (Lipinski definition) is 2. The number of para-hydroxylation sites is 1. The van der Waals surface area contributed by atoms with Crippen molar-refractivity contribution in [1.82, 2.24) is 0 Å². The van der Waals surface area contributed by atoms with Crippen molar-refractivity contribution in [2.24, 2.45) is 11.7 Å². The molecule has 3 heteroatoms. The average molecular weight is 260 g/mol. The van der Waals surface area contributed by atoms with Gasteiger partial charge in [0.15, 0.2) is 0 Å². The Bertz CT molecular complexity index is 468. The van der Waals surface area contributed by atoms with Gasteiger partial charge in [-0.3, -0.25) is 4.79 Å². The number of nitrogens with two attached hydrogens (primary N) is 1. The molecule has 2 rings (SSSR count). The van der Waals surface area contributed by atoms with E-state index in [4.69, 9.17) is 5.73 Å². The maximum absolute atomic E-state index is 12.3. The summed E-state index contributed by atoms with van der Waals surface area (Å²) in [4.78, 5) is 12.3. The molecule has 3 N–H and O–H groups in total. The number of nitrogens with one attached hydrogen (secondary N) is 1. The highest BCUT2D eigenvalue weighted by Crippen LogP contribution is 2.30. The van der Waals surface area contributed by atoms with Gasteiger partial charge in [0.05, 0.1) is 0 Å². The minimum Gasteiger partial charge on any atom is -0.328 e. The van der Waals surface area contributed by atoms with Crippen LogP contribution in [0.3, 0.4) is 0 Å². The molecule has 1 amide bonds. The van der Waals surface area contributed by atoms with E-state index >= 15 is 0 Å². The third-order valence-corrected chi connectivity index (χ3v) is 4.02. The lowest BCUT2D eigenvalue weighted by atomic mass is 9.97. The first-order valence-electron chi connectivity index (χ1n) is 7.15. The van der Waals surface area contributed by atoms with Crippen LogP contribution in [0.5, 0.6) is 0 Å². The second-order valence-corrected chi connectivity index (χ2v) is 5.95. The molecule has 1 aromatic carbocycles. The summed E-state index contributed by atoms with van der Waals surface area (Å²) in [6.07, 6.45) is 2.69. The summed E-state index contributed by atoms with van der Waals surface area (Å²) in [7, 11) is 0. The highest BCUT2D eigenvalue weighted by molar-refractivity contribution is 5.94. The molecule has 3 nitrogen and oxygen atoms in total. The third kappa shape index (κ3) is 3.16. The van der Waals surface area contributed by atoms with Crippen LogP contribution < -0.4 is 11.1 Å². The SMILES string of the molecule is Cc1cccc(C(C)C)c1NC(=O)C1CCC(N)C1. The lowest BCUT2D eigenvalue weighted by molar-refractivity contribution is -0.119. The van der Waals surface area contributed by atoms with Crippen LogP contribution in [0.1, 0.15) is 50.2 Å². The number of amides is 1. The molecule has 0 radical (unpaired) electrons. The molecule has 1 saturated carbocycles. The lowest BCUT2D eigenvalue weighted by Gasteiger charge is -2.18. The van der Waals surface area contributed by atoms with Crippen molar-refractivity contribution in [3.8, 4) is 0 Å². The largest absolute Gasteiger partial charge is 0.328 e. The fourth-order valence-electron chi connectivity index (χ4n) is 2.82. The van der Waals surface area contributed by atoms with Gasteiger partial charge in [-0.2, -0.15) is 0 Å². The molecule has 0 aliphatic heterocycles. The van der Waals surface area contributed by atoms with Crippen LogP contribution in [0.15, 0.2) is 18.2 Å². The van der Waals surface area contributed by atoms with Crippen molar-refractivity contribution < 1.29 is 4.79 Å². The molecule has 1 aliphatic rings. The molecule has 104 valence electrons. The number of aryl methyl sites for hydroxylation is 1. The first kappa shape index (κ1) is 14.1. The normalized spacial score (nSPS) is 22.8. The summed E-state index contributed by atoms with van der Waals surface area (Å²) in [6, 6.07) is 6.37. The maximum atomic E-state index is 12.3. The third-order valence-electron chi connectivity index (χ3n) is 4.02. The summed E-state index contributed by atoms with van der Waals surface area (Å²) in [5.41, 5.74) is 9.20. The highest BCUT2D eigenvalue weighted by Gasteiger charge is 2.28. The van der Waals surface area contributed by atoms with Gasteiger partial charge in [0.2, 0.25) is 5.91 Å².